The molecule has 0 aliphatic carbocycles. The van der Waals surface area contributed by atoms with Crippen molar-refractivity contribution < 1.29 is 4.42 Å². The number of rotatable bonds is 7. The summed E-state index contributed by atoms with van der Waals surface area (Å²) in [6.45, 7) is 0. The zero-order valence-electron chi connectivity index (χ0n) is 33.2. The molecule has 3 nitrogen and oxygen atoms in total. The van der Waals surface area contributed by atoms with Crippen LogP contribution in [0.4, 0.5) is 17.1 Å². The normalized spacial score (nSPS) is 11.6. The van der Waals surface area contributed by atoms with Gasteiger partial charge in [-0.3, -0.25) is 0 Å². The highest BCUT2D eigenvalue weighted by Gasteiger charge is 2.23. The number of hydrogen-bond acceptors (Lipinski definition) is 2. The molecule has 0 bridgehead atoms. The van der Waals surface area contributed by atoms with Crippen LogP contribution in [0.25, 0.3) is 93.6 Å². The van der Waals surface area contributed by atoms with Crippen molar-refractivity contribution in [3.8, 4) is 39.1 Å². The summed E-state index contributed by atoms with van der Waals surface area (Å²) in [5, 5.41) is 7.14. The number of hydrogen-bond donors (Lipinski definition) is 0. The fourth-order valence-corrected chi connectivity index (χ4v) is 9.34. The van der Waals surface area contributed by atoms with E-state index in [9.17, 15) is 0 Å². The Kier molecular flexibility index (Phi) is 8.17. The van der Waals surface area contributed by atoms with Crippen LogP contribution in [0.15, 0.2) is 235 Å². The molecule has 0 fully saturated rings. The number of fused-ring (bicyclic) bond motifs is 7. The average molecular weight is 779 g/mol. The SMILES string of the molecule is c1ccc(-c2ccc(N(c3ccc(-c4cccc5ccccc45)cc3)c3ccc(-c4ccc(-n5c6ccccc6c6ccccc65)cc4)c4oc5ccccc5c34)cc2)cc1. The van der Waals surface area contributed by atoms with Gasteiger partial charge in [0.25, 0.3) is 0 Å². The molecule has 61 heavy (non-hydrogen) atoms. The molecule has 2 heterocycles. The molecule has 0 saturated heterocycles. The van der Waals surface area contributed by atoms with Crippen molar-refractivity contribution in [2.45, 2.75) is 0 Å². The molecule has 0 N–H and O–H groups in total. The maximum atomic E-state index is 6.88. The van der Waals surface area contributed by atoms with Crippen LogP contribution in [0, 0.1) is 0 Å². The van der Waals surface area contributed by atoms with E-state index in [0.29, 0.717) is 0 Å². The second-order valence-electron chi connectivity index (χ2n) is 15.7. The Balaban J connectivity index is 1.02. The maximum absolute atomic E-state index is 6.88. The lowest BCUT2D eigenvalue weighted by Gasteiger charge is -2.27. The van der Waals surface area contributed by atoms with E-state index in [0.717, 1.165) is 55.8 Å². The molecule has 286 valence electrons. The van der Waals surface area contributed by atoms with Crippen LogP contribution in [0.5, 0.6) is 0 Å². The molecule has 0 spiro atoms. The smallest absolute Gasteiger partial charge is 0.145 e. The van der Waals surface area contributed by atoms with E-state index in [1.54, 1.807) is 0 Å². The van der Waals surface area contributed by atoms with Crippen LogP contribution in [0.3, 0.4) is 0 Å². The van der Waals surface area contributed by atoms with Crippen molar-refractivity contribution in [3.05, 3.63) is 231 Å². The first-order chi connectivity index (χ1) is 30.3. The highest BCUT2D eigenvalue weighted by Crippen LogP contribution is 2.47. The van der Waals surface area contributed by atoms with Gasteiger partial charge in [-0.05, 0) is 105 Å². The summed E-state index contributed by atoms with van der Waals surface area (Å²) in [6.07, 6.45) is 0. The number of benzene rings is 10. The van der Waals surface area contributed by atoms with Crippen LogP contribution in [0.2, 0.25) is 0 Å². The third kappa shape index (κ3) is 5.82. The summed E-state index contributed by atoms with van der Waals surface area (Å²) in [7, 11) is 0. The zero-order valence-corrected chi connectivity index (χ0v) is 33.2. The van der Waals surface area contributed by atoms with Gasteiger partial charge in [0.05, 0.1) is 22.1 Å². The van der Waals surface area contributed by atoms with Crippen LogP contribution < -0.4 is 4.90 Å². The molecule has 12 aromatic rings. The lowest BCUT2D eigenvalue weighted by Crippen LogP contribution is -2.10. The summed E-state index contributed by atoms with van der Waals surface area (Å²) in [5.41, 5.74) is 15.3. The second kappa shape index (κ2) is 14.3. The van der Waals surface area contributed by atoms with Gasteiger partial charge in [0.2, 0.25) is 0 Å². The fraction of sp³-hybridized carbons (Fsp3) is 0. The third-order valence-corrected chi connectivity index (χ3v) is 12.2. The Morgan fingerprint density at radius 1 is 0.344 bits per heavy atom. The third-order valence-electron chi connectivity index (χ3n) is 12.2. The summed E-state index contributed by atoms with van der Waals surface area (Å²) in [6, 6.07) is 82.7. The predicted octanol–water partition coefficient (Wildman–Crippen LogP) is 16.3. The Labute approximate surface area is 353 Å². The van der Waals surface area contributed by atoms with E-state index in [1.165, 1.54) is 54.8 Å². The monoisotopic (exact) mass is 778 g/mol. The molecule has 0 unspecified atom stereocenters. The Morgan fingerprint density at radius 2 is 0.869 bits per heavy atom. The number of aromatic nitrogens is 1. The Hall–Kier alpha value is -8.14. The van der Waals surface area contributed by atoms with Gasteiger partial charge in [-0.15, -0.1) is 0 Å². The molecular weight excluding hydrogens is 741 g/mol. The van der Waals surface area contributed by atoms with Gasteiger partial charge in [-0.25, -0.2) is 0 Å². The molecule has 3 heteroatoms. The van der Waals surface area contributed by atoms with E-state index in [-0.39, 0.29) is 0 Å². The highest BCUT2D eigenvalue weighted by molar-refractivity contribution is 6.17. The van der Waals surface area contributed by atoms with Gasteiger partial charge in [-0.1, -0.05) is 164 Å². The van der Waals surface area contributed by atoms with Crippen LogP contribution in [-0.4, -0.2) is 4.57 Å². The first kappa shape index (κ1) is 34.9. The quantitative estimate of drug-likeness (QED) is 0.161. The highest BCUT2D eigenvalue weighted by atomic mass is 16.3. The van der Waals surface area contributed by atoms with Gasteiger partial charge in [0.15, 0.2) is 0 Å². The van der Waals surface area contributed by atoms with Gasteiger partial charge in [0, 0.05) is 38.8 Å². The van der Waals surface area contributed by atoms with E-state index in [1.807, 2.05) is 0 Å². The molecule has 0 aliphatic heterocycles. The number of anilines is 3. The van der Waals surface area contributed by atoms with Crippen LogP contribution >= 0.6 is 0 Å². The summed E-state index contributed by atoms with van der Waals surface area (Å²) in [4.78, 5) is 2.38. The predicted molar refractivity (Wildman–Crippen MR) is 257 cm³/mol. The number of para-hydroxylation sites is 3. The van der Waals surface area contributed by atoms with Crippen LogP contribution in [-0.2, 0) is 0 Å². The molecular formula is C58H38N2O. The van der Waals surface area contributed by atoms with Crippen molar-refractivity contribution in [2.24, 2.45) is 0 Å². The van der Waals surface area contributed by atoms with E-state index in [2.05, 4.69) is 240 Å². The first-order valence-corrected chi connectivity index (χ1v) is 20.8. The minimum absolute atomic E-state index is 0.860. The molecule has 0 saturated carbocycles. The minimum Gasteiger partial charge on any atom is -0.455 e. The largest absolute Gasteiger partial charge is 0.455 e. The van der Waals surface area contributed by atoms with Crippen molar-refractivity contribution in [1.29, 1.82) is 0 Å². The topological polar surface area (TPSA) is 21.3 Å². The van der Waals surface area contributed by atoms with E-state index >= 15 is 0 Å². The molecule has 2 aromatic heterocycles. The van der Waals surface area contributed by atoms with Crippen molar-refractivity contribution in [1.82, 2.24) is 4.57 Å². The molecule has 0 radical (unpaired) electrons. The Morgan fingerprint density at radius 3 is 1.57 bits per heavy atom. The van der Waals surface area contributed by atoms with Gasteiger partial charge >= 0.3 is 0 Å². The lowest BCUT2D eigenvalue weighted by atomic mass is 9.97. The minimum atomic E-state index is 0.860. The molecule has 10 aromatic carbocycles. The van der Waals surface area contributed by atoms with E-state index < -0.39 is 0 Å². The fourth-order valence-electron chi connectivity index (χ4n) is 9.34. The van der Waals surface area contributed by atoms with Gasteiger partial charge in [-0.2, -0.15) is 0 Å². The van der Waals surface area contributed by atoms with Crippen molar-refractivity contribution in [2.75, 3.05) is 4.90 Å². The standard InChI is InChI=1S/C58H38N2O/c1-2-13-39(14-3-1)40-25-31-44(32-26-40)59(45-33-27-42(28-34-45)48-21-12-16-41-15-4-5-17-47(41)48)55-38-37-49(58-57(55)52-20-8-11-24-56(52)61-58)43-29-35-46(36-30-43)60-53-22-9-6-18-50(53)51-19-7-10-23-54(51)60/h1-38H. The summed E-state index contributed by atoms with van der Waals surface area (Å²) in [5.74, 6) is 0. The number of nitrogens with zero attached hydrogens (tertiary/aromatic N) is 2. The van der Waals surface area contributed by atoms with Gasteiger partial charge in [0.1, 0.15) is 11.2 Å². The van der Waals surface area contributed by atoms with Gasteiger partial charge < -0.3 is 13.9 Å². The maximum Gasteiger partial charge on any atom is 0.145 e. The molecule has 0 aliphatic rings. The Bertz CT molecular complexity index is 3500. The molecule has 0 atom stereocenters. The zero-order chi connectivity index (χ0) is 40.3. The average Bonchev–Trinajstić information content (AvgIpc) is 3.89. The summed E-state index contributed by atoms with van der Waals surface area (Å²) >= 11 is 0. The second-order valence-corrected chi connectivity index (χ2v) is 15.7. The molecule has 0 amide bonds. The van der Waals surface area contributed by atoms with Crippen molar-refractivity contribution >= 4 is 71.6 Å². The lowest BCUT2D eigenvalue weighted by molar-refractivity contribution is 0.670. The van der Waals surface area contributed by atoms with Crippen LogP contribution in [0.1, 0.15) is 0 Å². The first-order valence-electron chi connectivity index (χ1n) is 20.8. The molecule has 12 rings (SSSR count). The van der Waals surface area contributed by atoms with E-state index in [4.69, 9.17) is 4.42 Å². The summed E-state index contributed by atoms with van der Waals surface area (Å²) < 4.78 is 9.24. The number of furan rings is 1. The van der Waals surface area contributed by atoms with Crippen molar-refractivity contribution in [3.63, 3.8) is 0 Å².